The van der Waals surface area contributed by atoms with Gasteiger partial charge in [0.1, 0.15) is 11.2 Å². The van der Waals surface area contributed by atoms with E-state index in [1.807, 2.05) is 84.1 Å². The Hall–Kier alpha value is -7.93. The highest BCUT2D eigenvalue weighted by molar-refractivity contribution is 7.25. The van der Waals surface area contributed by atoms with Gasteiger partial charge >= 0.3 is 0 Å². The second kappa shape index (κ2) is 14.4. The number of hydrogen-bond donors (Lipinski definition) is 0. The zero-order chi connectivity index (χ0) is 40.3. The minimum atomic E-state index is 0.608. The van der Waals surface area contributed by atoms with Crippen molar-refractivity contribution in [3.8, 4) is 45.3 Å². The quantitative estimate of drug-likeness (QED) is 0.161. The molecule has 0 radical (unpaired) electrons. The maximum absolute atomic E-state index is 6.67. The first-order chi connectivity index (χ1) is 30.2. The summed E-state index contributed by atoms with van der Waals surface area (Å²) in [6, 6.07) is 72.2. The van der Waals surface area contributed by atoms with Crippen LogP contribution in [0.3, 0.4) is 0 Å². The van der Waals surface area contributed by atoms with Gasteiger partial charge in [-0.1, -0.05) is 146 Å². The average Bonchev–Trinajstić information content (AvgIpc) is 3.90. The van der Waals surface area contributed by atoms with Gasteiger partial charge in [-0.15, -0.1) is 11.3 Å². The van der Waals surface area contributed by atoms with Crippen LogP contribution in [0.2, 0.25) is 0 Å². The second-order valence-corrected chi connectivity index (χ2v) is 16.3. The molecular formula is C55H34N4OS. The van der Waals surface area contributed by atoms with Crippen molar-refractivity contribution in [1.82, 2.24) is 15.0 Å². The molecule has 0 unspecified atom stereocenters. The lowest BCUT2D eigenvalue weighted by Crippen LogP contribution is -2.09. The molecule has 3 aromatic heterocycles. The molecule has 0 saturated heterocycles. The highest BCUT2D eigenvalue weighted by Crippen LogP contribution is 2.43. The summed E-state index contributed by atoms with van der Waals surface area (Å²) in [4.78, 5) is 17.6. The summed E-state index contributed by atoms with van der Waals surface area (Å²) in [6.45, 7) is 0. The van der Waals surface area contributed by atoms with E-state index in [0.29, 0.717) is 17.5 Å². The van der Waals surface area contributed by atoms with Gasteiger partial charge in [-0.3, -0.25) is 0 Å². The van der Waals surface area contributed by atoms with Crippen LogP contribution in [0.25, 0.3) is 98.2 Å². The molecule has 0 saturated carbocycles. The number of fused-ring (bicyclic) bond motifs is 8. The molecular weight excluding hydrogens is 765 g/mol. The molecule has 0 aliphatic carbocycles. The van der Waals surface area contributed by atoms with E-state index >= 15 is 0 Å². The van der Waals surface area contributed by atoms with Gasteiger partial charge in [-0.05, 0) is 77.2 Å². The maximum atomic E-state index is 6.67. The number of benzene rings is 9. The molecule has 0 amide bonds. The van der Waals surface area contributed by atoms with Crippen LogP contribution in [-0.4, -0.2) is 15.0 Å². The molecule has 0 N–H and O–H groups in total. The third-order valence-electron chi connectivity index (χ3n) is 11.5. The summed E-state index contributed by atoms with van der Waals surface area (Å²) in [7, 11) is 0. The highest BCUT2D eigenvalue weighted by atomic mass is 32.1. The van der Waals surface area contributed by atoms with E-state index in [9.17, 15) is 0 Å². The molecule has 3 heterocycles. The van der Waals surface area contributed by atoms with Crippen molar-refractivity contribution in [2.75, 3.05) is 4.90 Å². The molecule has 5 nitrogen and oxygen atoms in total. The first kappa shape index (κ1) is 35.1. The summed E-state index contributed by atoms with van der Waals surface area (Å²) in [6.07, 6.45) is 0. The van der Waals surface area contributed by atoms with Crippen LogP contribution < -0.4 is 4.90 Å². The summed E-state index contributed by atoms with van der Waals surface area (Å²) >= 11 is 1.84. The standard InChI is InChI=1S/C55H34N4OS/c1-4-14-36(15-5-1)53-56-54(37-16-6-2-7-17-37)58-55(57-53)48-34-47-43-20-10-12-22-49(43)60-52(47)46-32-38(26-30-42(46)48)35-24-27-40(28-25-35)59(39-18-8-3-9-19-39)41-29-31-45-44-21-11-13-23-50(44)61-51(45)33-41/h1-34H. The highest BCUT2D eigenvalue weighted by Gasteiger charge is 2.20. The monoisotopic (exact) mass is 798 g/mol. The van der Waals surface area contributed by atoms with Crippen LogP contribution in [0.5, 0.6) is 0 Å². The van der Waals surface area contributed by atoms with Crippen LogP contribution in [0, 0.1) is 0 Å². The van der Waals surface area contributed by atoms with Crippen molar-refractivity contribution in [1.29, 1.82) is 0 Å². The summed E-state index contributed by atoms with van der Waals surface area (Å²) < 4.78 is 9.25. The van der Waals surface area contributed by atoms with Crippen LogP contribution >= 0.6 is 11.3 Å². The fourth-order valence-electron chi connectivity index (χ4n) is 8.57. The van der Waals surface area contributed by atoms with Gasteiger partial charge in [0, 0.05) is 70.1 Å². The number of furan rings is 1. The lowest BCUT2D eigenvalue weighted by atomic mass is 9.95. The fraction of sp³-hybridized carbons (Fsp3) is 0. The minimum Gasteiger partial charge on any atom is -0.455 e. The fourth-order valence-corrected chi connectivity index (χ4v) is 9.71. The van der Waals surface area contributed by atoms with Crippen LogP contribution in [0.15, 0.2) is 211 Å². The molecule has 0 atom stereocenters. The number of para-hydroxylation sites is 2. The van der Waals surface area contributed by atoms with Crippen LogP contribution in [0.4, 0.5) is 17.1 Å². The molecule has 61 heavy (non-hydrogen) atoms. The van der Waals surface area contributed by atoms with E-state index in [0.717, 1.165) is 77.6 Å². The number of anilines is 3. The molecule has 12 aromatic rings. The molecule has 6 heteroatoms. The number of nitrogens with zero attached hydrogens (tertiary/aromatic N) is 4. The predicted octanol–water partition coefficient (Wildman–Crippen LogP) is 15.4. The van der Waals surface area contributed by atoms with Gasteiger partial charge in [0.25, 0.3) is 0 Å². The third kappa shape index (κ3) is 6.12. The Labute approximate surface area is 355 Å². The first-order valence-electron chi connectivity index (χ1n) is 20.3. The smallest absolute Gasteiger partial charge is 0.164 e. The number of hydrogen-bond acceptors (Lipinski definition) is 6. The predicted molar refractivity (Wildman–Crippen MR) is 254 cm³/mol. The lowest BCUT2D eigenvalue weighted by molar-refractivity contribution is 0.672. The SMILES string of the molecule is c1ccc(-c2nc(-c3ccccc3)nc(-c3cc4c5ccccc5oc4c4cc(-c5ccc(N(c6ccccc6)c6ccc7c(c6)sc6ccccc67)cc5)ccc34)n2)cc1. The number of rotatable bonds is 7. The Bertz CT molecular complexity index is 3520. The normalized spacial score (nSPS) is 11.6. The summed E-state index contributed by atoms with van der Waals surface area (Å²) in [5.74, 6) is 1.86. The van der Waals surface area contributed by atoms with Crippen molar-refractivity contribution >= 4 is 81.3 Å². The van der Waals surface area contributed by atoms with Gasteiger partial charge in [-0.25, -0.2) is 15.0 Å². The van der Waals surface area contributed by atoms with Crippen molar-refractivity contribution in [2.45, 2.75) is 0 Å². The maximum Gasteiger partial charge on any atom is 0.164 e. The van der Waals surface area contributed by atoms with E-state index in [1.165, 1.54) is 20.2 Å². The Balaban J connectivity index is 1.00. The van der Waals surface area contributed by atoms with Crippen LogP contribution in [0.1, 0.15) is 0 Å². The van der Waals surface area contributed by atoms with E-state index < -0.39 is 0 Å². The zero-order valence-corrected chi connectivity index (χ0v) is 33.6. The van der Waals surface area contributed by atoms with Crippen molar-refractivity contribution in [2.24, 2.45) is 0 Å². The van der Waals surface area contributed by atoms with Gasteiger partial charge in [0.05, 0.1) is 0 Å². The molecule has 0 aliphatic rings. The van der Waals surface area contributed by atoms with Gasteiger partial charge < -0.3 is 9.32 Å². The molecule has 9 aromatic carbocycles. The van der Waals surface area contributed by atoms with Crippen molar-refractivity contribution in [3.05, 3.63) is 206 Å². The van der Waals surface area contributed by atoms with Crippen molar-refractivity contribution in [3.63, 3.8) is 0 Å². The van der Waals surface area contributed by atoms with Gasteiger partial charge in [0.15, 0.2) is 17.5 Å². The van der Waals surface area contributed by atoms with E-state index in [2.05, 4.69) is 138 Å². The Morgan fingerprint density at radius 2 is 0.885 bits per heavy atom. The topological polar surface area (TPSA) is 55.1 Å². The Morgan fingerprint density at radius 3 is 1.62 bits per heavy atom. The third-order valence-corrected chi connectivity index (χ3v) is 12.6. The van der Waals surface area contributed by atoms with Crippen molar-refractivity contribution < 1.29 is 4.42 Å². The lowest BCUT2D eigenvalue weighted by Gasteiger charge is -2.25. The number of thiophene rings is 1. The number of aromatic nitrogens is 3. The molecule has 12 rings (SSSR count). The van der Waals surface area contributed by atoms with E-state index in [-0.39, 0.29) is 0 Å². The van der Waals surface area contributed by atoms with Gasteiger partial charge in [-0.2, -0.15) is 0 Å². The summed E-state index contributed by atoms with van der Waals surface area (Å²) in [5, 5.41) is 6.65. The molecule has 286 valence electrons. The molecule has 0 bridgehead atoms. The summed E-state index contributed by atoms with van der Waals surface area (Å²) in [5.41, 5.74) is 9.94. The largest absolute Gasteiger partial charge is 0.455 e. The van der Waals surface area contributed by atoms with E-state index in [4.69, 9.17) is 19.4 Å². The first-order valence-corrected chi connectivity index (χ1v) is 21.2. The van der Waals surface area contributed by atoms with Crippen LogP contribution in [-0.2, 0) is 0 Å². The molecule has 0 spiro atoms. The average molecular weight is 799 g/mol. The second-order valence-electron chi connectivity index (χ2n) is 15.2. The molecule has 0 aliphatic heterocycles. The Kier molecular flexibility index (Phi) is 8.28. The van der Waals surface area contributed by atoms with E-state index in [1.54, 1.807) is 0 Å². The molecule has 0 fully saturated rings. The van der Waals surface area contributed by atoms with Gasteiger partial charge in [0.2, 0.25) is 0 Å². The zero-order valence-electron chi connectivity index (χ0n) is 32.7. The minimum absolute atomic E-state index is 0.608. The Morgan fingerprint density at radius 1 is 0.344 bits per heavy atom.